The second-order valence-electron chi connectivity index (χ2n) is 5.50. The van der Waals surface area contributed by atoms with Gasteiger partial charge in [0, 0.05) is 30.7 Å². The average molecular weight is 304 g/mol. The van der Waals surface area contributed by atoms with Gasteiger partial charge in [-0.25, -0.2) is 0 Å². The number of thiophene rings is 1. The van der Waals surface area contributed by atoms with Gasteiger partial charge in [-0.2, -0.15) is 5.10 Å². The number of hydrogen-bond acceptors (Lipinski definition) is 4. The predicted molar refractivity (Wildman–Crippen MR) is 83.2 cm³/mol. The third-order valence-corrected chi connectivity index (χ3v) is 4.68. The molecule has 1 atom stereocenters. The van der Waals surface area contributed by atoms with Crippen molar-refractivity contribution in [2.45, 2.75) is 25.4 Å². The number of nitrogens with one attached hydrogen (secondary N) is 1. The lowest BCUT2D eigenvalue weighted by atomic mass is 10.1. The normalized spacial score (nSPS) is 18.4. The lowest BCUT2D eigenvalue weighted by Crippen LogP contribution is -2.38. The Bertz CT molecular complexity index is 593. The smallest absolute Gasteiger partial charge is 0.222 e. The Kier molecular flexibility index (Phi) is 4.36. The van der Waals surface area contributed by atoms with Crippen molar-refractivity contribution in [1.82, 2.24) is 20.0 Å². The summed E-state index contributed by atoms with van der Waals surface area (Å²) in [5.74, 6) is 0.105. The Balaban J connectivity index is 1.51. The number of aromatic nitrogens is 2. The summed E-state index contributed by atoms with van der Waals surface area (Å²) in [6.45, 7) is 2.47. The van der Waals surface area contributed by atoms with Crippen LogP contribution in [0.1, 0.15) is 23.0 Å². The van der Waals surface area contributed by atoms with Gasteiger partial charge in [-0.05, 0) is 31.0 Å². The summed E-state index contributed by atoms with van der Waals surface area (Å²) in [6, 6.07) is 6.30. The summed E-state index contributed by atoms with van der Waals surface area (Å²) in [5.41, 5.74) is 1.18. The van der Waals surface area contributed by atoms with Crippen molar-refractivity contribution in [2.75, 3.05) is 20.1 Å². The number of likely N-dealkylation sites (N-methyl/N-ethyl adjacent to an activating group) is 1. The molecular formula is C15H20N4OS. The van der Waals surface area contributed by atoms with Crippen molar-refractivity contribution < 1.29 is 4.79 Å². The fourth-order valence-corrected chi connectivity index (χ4v) is 3.50. The number of carbonyl (C=O) groups is 1. The van der Waals surface area contributed by atoms with Crippen molar-refractivity contribution in [2.24, 2.45) is 0 Å². The SMILES string of the molecule is CN1Cc2ccnn2C(CC(=O)NCCc2cccs2)C1. The van der Waals surface area contributed by atoms with Crippen LogP contribution in [-0.2, 0) is 17.8 Å². The van der Waals surface area contributed by atoms with Crippen molar-refractivity contribution in [3.8, 4) is 0 Å². The molecule has 1 unspecified atom stereocenters. The van der Waals surface area contributed by atoms with Crippen molar-refractivity contribution in [1.29, 1.82) is 0 Å². The average Bonchev–Trinajstić information content (AvgIpc) is 3.09. The van der Waals surface area contributed by atoms with E-state index in [9.17, 15) is 4.79 Å². The highest BCUT2D eigenvalue weighted by Gasteiger charge is 2.25. The molecule has 0 radical (unpaired) electrons. The zero-order valence-electron chi connectivity index (χ0n) is 12.2. The van der Waals surface area contributed by atoms with E-state index in [1.807, 2.05) is 23.0 Å². The van der Waals surface area contributed by atoms with Crippen LogP contribution in [-0.4, -0.2) is 40.7 Å². The van der Waals surface area contributed by atoms with Crippen LogP contribution in [0.15, 0.2) is 29.8 Å². The van der Waals surface area contributed by atoms with Crippen LogP contribution in [0.4, 0.5) is 0 Å². The Morgan fingerprint density at radius 3 is 3.24 bits per heavy atom. The first-order valence-electron chi connectivity index (χ1n) is 7.22. The highest BCUT2D eigenvalue weighted by Crippen LogP contribution is 2.21. The predicted octanol–water partition coefficient (Wildman–Crippen LogP) is 1.68. The molecule has 1 N–H and O–H groups in total. The first-order chi connectivity index (χ1) is 10.2. The van der Waals surface area contributed by atoms with E-state index < -0.39 is 0 Å². The van der Waals surface area contributed by atoms with Crippen LogP contribution in [0.3, 0.4) is 0 Å². The van der Waals surface area contributed by atoms with Crippen LogP contribution in [0.25, 0.3) is 0 Å². The van der Waals surface area contributed by atoms with E-state index in [1.165, 1.54) is 10.6 Å². The Hall–Kier alpha value is -1.66. The van der Waals surface area contributed by atoms with Gasteiger partial charge in [-0.3, -0.25) is 14.4 Å². The van der Waals surface area contributed by atoms with Crippen molar-refractivity contribution in [3.63, 3.8) is 0 Å². The van der Waals surface area contributed by atoms with E-state index in [-0.39, 0.29) is 11.9 Å². The van der Waals surface area contributed by atoms with E-state index in [4.69, 9.17) is 0 Å². The van der Waals surface area contributed by atoms with Gasteiger partial charge in [0.15, 0.2) is 0 Å². The van der Waals surface area contributed by atoms with Crippen LogP contribution in [0, 0.1) is 0 Å². The number of nitrogens with zero attached hydrogens (tertiary/aromatic N) is 3. The van der Waals surface area contributed by atoms with Gasteiger partial charge in [0.25, 0.3) is 0 Å². The molecule has 3 rings (SSSR count). The minimum Gasteiger partial charge on any atom is -0.356 e. The monoisotopic (exact) mass is 304 g/mol. The molecule has 5 nitrogen and oxygen atoms in total. The van der Waals surface area contributed by atoms with E-state index in [0.717, 1.165) is 19.5 Å². The van der Waals surface area contributed by atoms with Crippen molar-refractivity contribution in [3.05, 3.63) is 40.3 Å². The molecule has 0 saturated carbocycles. The van der Waals surface area contributed by atoms with Crippen molar-refractivity contribution >= 4 is 17.2 Å². The first-order valence-corrected chi connectivity index (χ1v) is 8.10. The molecule has 0 aromatic carbocycles. The van der Waals surface area contributed by atoms with Crippen LogP contribution in [0.2, 0.25) is 0 Å². The maximum absolute atomic E-state index is 12.1. The topological polar surface area (TPSA) is 50.2 Å². The summed E-state index contributed by atoms with van der Waals surface area (Å²) < 4.78 is 2.00. The fourth-order valence-electron chi connectivity index (χ4n) is 2.79. The third kappa shape index (κ3) is 3.51. The molecule has 6 heteroatoms. The highest BCUT2D eigenvalue weighted by atomic mass is 32.1. The lowest BCUT2D eigenvalue weighted by Gasteiger charge is -2.31. The van der Waals surface area contributed by atoms with Gasteiger partial charge >= 0.3 is 0 Å². The molecule has 3 heterocycles. The molecular weight excluding hydrogens is 284 g/mol. The number of fused-ring (bicyclic) bond motifs is 1. The quantitative estimate of drug-likeness (QED) is 0.914. The minimum atomic E-state index is 0.105. The molecule has 2 aromatic heterocycles. The third-order valence-electron chi connectivity index (χ3n) is 3.75. The maximum Gasteiger partial charge on any atom is 0.222 e. The second kappa shape index (κ2) is 6.41. The molecule has 112 valence electrons. The van der Waals surface area contributed by atoms with Gasteiger partial charge in [0.05, 0.1) is 18.2 Å². The Morgan fingerprint density at radius 2 is 2.43 bits per heavy atom. The maximum atomic E-state index is 12.1. The second-order valence-corrected chi connectivity index (χ2v) is 6.53. The molecule has 0 saturated heterocycles. The number of rotatable bonds is 5. The molecule has 0 fully saturated rings. The van der Waals surface area contributed by atoms with E-state index in [0.29, 0.717) is 13.0 Å². The van der Waals surface area contributed by atoms with Crippen LogP contribution in [0.5, 0.6) is 0 Å². The standard InChI is InChI=1S/C15H20N4OS/c1-18-10-12-4-7-17-19(12)13(11-18)9-15(20)16-6-5-14-3-2-8-21-14/h2-4,7-8,13H,5-6,9-11H2,1H3,(H,16,20). The lowest BCUT2D eigenvalue weighted by molar-refractivity contribution is -0.122. The zero-order valence-corrected chi connectivity index (χ0v) is 13.0. The minimum absolute atomic E-state index is 0.105. The molecule has 0 bridgehead atoms. The fraction of sp³-hybridized carbons (Fsp3) is 0.467. The zero-order chi connectivity index (χ0) is 14.7. The molecule has 1 aliphatic heterocycles. The molecule has 21 heavy (non-hydrogen) atoms. The largest absolute Gasteiger partial charge is 0.356 e. The van der Waals surface area contributed by atoms with Gasteiger partial charge in [-0.1, -0.05) is 6.07 Å². The van der Waals surface area contributed by atoms with Crippen LogP contribution < -0.4 is 5.32 Å². The summed E-state index contributed by atoms with van der Waals surface area (Å²) >= 11 is 1.73. The van der Waals surface area contributed by atoms with E-state index in [2.05, 4.69) is 33.8 Å². The number of carbonyl (C=O) groups excluding carboxylic acids is 1. The summed E-state index contributed by atoms with van der Waals surface area (Å²) in [4.78, 5) is 15.7. The summed E-state index contributed by atoms with van der Waals surface area (Å²) in [5, 5.41) is 9.44. The molecule has 2 aromatic rings. The highest BCUT2D eigenvalue weighted by molar-refractivity contribution is 7.09. The molecule has 0 spiro atoms. The van der Waals surface area contributed by atoms with Gasteiger partial charge in [0.1, 0.15) is 0 Å². The van der Waals surface area contributed by atoms with E-state index >= 15 is 0 Å². The van der Waals surface area contributed by atoms with Gasteiger partial charge < -0.3 is 5.32 Å². The first kappa shape index (κ1) is 14.3. The van der Waals surface area contributed by atoms with Gasteiger partial charge in [0.2, 0.25) is 5.91 Å². The summed E-state index contributed by atoms with van der Waals surface area (Å²) in [7, 11) is 2.08. The molecule has 0 aliphatic carbocycles. The van der Waals surface area contributed by atoms with E-state index in [1.54, 1.807) is 11.3 Å². The summed E-state index contributed by atoms with van der Waals surface area (Å²) in [6.07, 6.45) is 3.21. The molecule has 1 amide bonds. The molecule has 1 aliphatic rings. The number of hydrogen-bond donors (Lipinski definition) is 1. The van der Waals surface area contributed by atoms with Gasteiger partial charge in [-0.15, -0.1) is 11.3 Å². The van der Waals surface area contributed by atoms with Crippen LogP contribution >= 0.6 is 11.3 Å². The Labute approximate surface area is 128 Å². The Morgan fingerprint density at radius 1 is 1.52 bits per heavy atom. The number of amides is 1.